The first-order valence-corrected chi connectivity index (χ1v) is 17.0. The van der Waals surface area contributed by atoms with Crippen LogP contribution in [0.2, 0.25) is 0 Å². The highest BCUT2D eigenvalue weighted by Crippen LogP contribution is 2.58. The van der Waals surface area contributed by atoms with Gasteiger partial charge in [0.15, 0.2) is 0 Å². The van der Waals surface area contributed by atoms with Gasteiger partial charge in [0.25, 0.3) is 0 Å². The van der Waals surface area contributed by atoms with Crippen molar-refractivity contribution in [3.05, 3.63) is 121 Å². The molecule has 1 heteroatoms. The molecule has 0 atom stereocenters. The first-order valence-electron chi connectivity index (χ1n) is 16.2. The van der Waals surface area contributed by atoms with E-state index in [1.54, 1.807) is 0 Å². The Bertz CT molecular complexity index is 3170. The van der Waals surface area contributed by atoms with Gasteiger partial charge in [-0.2, -0.15) is 0 Å². The second-order valence-electron chi connectivity index (χ2n) is 13.6. The molecule has 0 fully saturated rings. The van der Waals surface area contributed by atoms with Crippen LogP contribution in [0.15, 0.2) is 115 Å². The van der Waals surface area contributed by atoms with E-state index >= 15 is 0 Å². The van der Waals surface area contributed by atoms with Gasteiger partial charge in [-0.3, -0.25) is 0 Å². The summed E-state index contributed by atoms with van der Waals surface area (Å²) in [5.74, 6) is 0. The Kier molecular flexibility index (Phi) is 3.64. The molecule has 13 rings (SSSR count). The van der Waals surface area contributed by atoms with E-state index in [0.717, 1.165) is 0 Å². The third-order valence-corrected chi connectivity index (χ3v) is 12.7. The van der Waals surface area contributed by atoms with Gasteiger partial charge in [-0.05, 0) is 116 Å². The number of hydrogen-bond donors (Lipinski definition) is 0. The monoisotopic (exact) mass is 594 g/mol. The Hall–Kier alpha value is -5.50. The standard InChI is InChI=1S/C45H22S/c1-21-6-7-22-23-8-9-24-25-11-13-28-31-17-19-35-43-34(44-33-4-2-3-5-37(33)46-45(35)44)18-16-30(42(31)43)27-12-10-26(40(25)41(27)28)29-14-15-32(36(22)20-21)38(23)39(24)29/h2-20H,1H3. The molecule has 0 nitrogen and oxygen atoms in total. The number of aryl methyl sites for hydroxylation is 1. The Morgan fingerprint density at radius 3 is 1.43 bits per heavy atom. The highest BCUT2D eigenvalue weighted by atomic mass is 32.1. The molecular weight excluding hydrogens is 573 g/mol. The van der Waals surface area contributed by atoms with Gasteiger partial charge in [0, 0.05) is 26.1 Å². The lowest BCUT2D eigenvalue weighted by Gasteiger charge is -2.20. The van der Waals surface area contributed by atoms with Gasteiger partial charge in [0.05, 0.1) is 0 Å². The molecule has 2 aliphatic rings. The smallest absolute Gasteiger partial charge is 0.0440 e. The van der Waals surface area contributed by atoms with Crippen LogP contribution in [0.3, 0.4) is 0 Å². The summed E-state index contributed by atoms with van der Waals surface area (Å²) >= 11 is 1.94. The van der Waals surface area contributed by atoms with Gasteiger partial charge in [-0.25, -0.2) is 0 Å². The van der Waals surface area contributed by atoms with Crippen LogP contribution in [-0.4, -0.2) is 0 Å². The van der Waals surface area contributed by atoms with Crippen LogP contribution in [0.1, 0.15) is 5.56 Å². The normalized spacial score (nSPS) is 13.3. The SMILES string of the molecule is Cc1ccc2c(c1)-c1ccc3c4ccc5c6ccc7c8c(ccc(c9ccc(c%10ccc-2c1c%103)c4c95)c86)-c1sc2ccccc2c1-7. The maximum atomic E-state index is 2.42. The Morgan fingerprint density at radius 1 is 0.348 bits per heavy atom. The van der Waals surface area contributed by atoms with Crippen molar-refractivity contribution in [2.24, 2.45) is 0 Å². The topological polar surface area (TPSA) is 0 Å². The lowest BCUT2D eigenvalue weighted by Crippen LogP contribution is -1.92. The first kappa shape index (κ1) is 22.9. The highest BCUT2D eigenvalue weighted by molar-refractivity contribution is 7.23. The molecule has 0 spiro atoms. The maximum absolute atomic E-state index is 2.42. The highest BCUT2D eigenvalue weighted by Gasteiger charge is 2.30. The zero-order chi connectivity index (χ0) is 29.6. The molecular formula is C45H22S. The summed E-state index contributed by atoms with van der Waals surface area (Å²) in [6.07, 6.45) is 0. The molecule has 208 valence electrons. The largest absolute Gasteiger partial charge is 0.135 e. The first-order chi connectivity index (χ1) is 22.7. The van der Waals surface area contributed by atoms with Crippen LogP contribution in [0.5, 0.6) is 0 Å². The molecule has 46 heavy (non-hydrogen) atoms. The van der Waals surface area contributed by atoms with Gasteiger partial charge >= 0.3 is 0 Å². The van der Waals surface area contributed by atoms with Crippen LogP contribution < -0.4 is 0 Å². The lowest BCUT2D eigenvalue weighted by atomic mass is 9.83. The third kappa shape index (κ3) is 2.33. The fraction of sp³-hybridized carbons (Fsp3) is 0.0222. The Morgan fingerprint density at radius 2 is 0.804 bits per heavy atom. The third-order valence-electron chi connectivity index (χ3n) is 11.5. The number of hydrogen-bond acceptors (Lipinski definition) is 1. The average Bonchev–Trinajstić information content (AvgIpc) is 3.74. The zero-order valence-corrected chi connectivity index (χ0v) is 25.7. The maximum Gasteiger partial charge on any atom is 0.0440 e. The summed E-state index contributed by atoms with van der Waals surface area (Å²) in [6, 6.07) is 44.7. The van der Waals surface area contributed by atoms with Crippen LogP contribution in [0.25, 0.3) is 129 Å². The molecule has 0 saturated carbocycles. The Balaban J connectivity index is 1.20. The average molecular weight is 595 g/mol. The molecule has 0 aliphatic heterocycles. The van der Waals surface area contributed by atoms with Crippen LogP contribution in [-0.2, 0) is 0 Å². The summed E-state index contributed by atoms with van der Waals surface area (Å²) < 4.78 is 1.38. The molecule has 2 aliphatic carbocycles. The van der Waals surface area contributed by atoms with Crippen molar-refractivity contribution >= 4 is 96.8 Å². The van der Waals surface area contributed by atoms with Gasteiger partial charge in [-0.1, -0.05) is 115 Å². The summed E-state index contributed by atoms with van der Waals surface area (Å²) in [6.45, 7) is 2.20. The molecule has 0 radical (unpaired) electrons. The van der Waals surface area contributed by atoms with Crippen LogP contribution in [0, 0.1) is 6.92 Å². The van der Waals surface area contributed by atoms with Gasteiger partial charge < -0.3 is 0 Å². The predicted molar refractivity (Wildman–Crippen MR) is 200 cm³/mol. The van der Waals surface area contributed by atoms with Crippen molar-refractivity contribution in [2.45, 2.75) is 6.92 Å². The molecule has 0 bridgehead atoms. The molecule has 0 N–H and O–H groups in total. The number of rotatable bonds is 0. The van der Waals surface area contributed by atoms with E-state index in [1.165, 1.54) is 135 Å². The molecule has 10 aromatic carbocycles. The van der Waals surface area contributed by atoms with Crippen molar-refractivity contribution in [1.82, 2.24) is 0 Å². The molecule has 0 amide bonds. The van der Waals surface area contributed by atoms with E-state index < -0.39 is 0 Å². The van der Waals surface area contributed by atoms with E-state index in [4.69, 9.17) is 0 Å². The van der Waals surface area contributed by atoms with Crippen molar-refractivity contribution < 1.29 is 0 Å². The van der Waals surface area contributed by atoms with Gasteiger partial charge in [-0.15, -0.1) is 11.3 Å². The minimum atomic E-state index is 1.31. The van der Waals surface area contributed by atoms with E-state index in [2.05, 4.69) is 122 Å². The summed E-state index contributed by atoms with van der Waals surface area (Å²) in [5.41, 5.74) is 11.0. The van der Waals surface area contributed by atoms with E-state index in [9.17, 15) is 0 Å². The van der Waals surface area contributed by atoms with Crippen molar-refractivity contribution in [3.63, 3.8) is 0 Å². The number of benzene rings is 10. The van der Waals surface area contributed by atoms with Gasteiger partial charge in [0.1, 0.15) is 0 Å². The molecule has 1 heterocycles. The second-order valence-corrected chi connectivity index (χ2v) is 14.6. The predicted octanol–water partition coefficient (Wildman–Crippen LogP) is 13.5. The minimum Gasteiger partial charge on any atom is -0.135 e. The Labute approximate surface area is 267 Å². The summed E-state index contributed by atoms with van der Waals surface area (Å²) in [4.78, 5) is 1.43. The molecule has 0 saturated heterocycles. The number of fused-ring (bicyclic) bond motifs is 12. The van der Waals surface area contributed by atoms with Crippen molar-refractivity contribution in [1.29, 1.82) is 0 Å². The second kappa shape index (κ2) is 7.31. The van der Waals surface area contributed by atoms with E-state index in [1.807, 2.05) is 11.3 Å². The quantitative estimate of drug-likeness (QED) is 0.121. The summed E-state index contributed by atoms with van der Waals surface area (Å²) in [7, 11) is 0. The van der Waals surface area contributed by atoms with Crippen molar-refractivity contribution in [3.8, 4) is 43.8 Å². The molecule has 11 aromatic rings. The van der Waals surface area contributed by atoms with Crippen LogP contribution in [0.4, 0.5) is 0 Å². The number of thiophene rings is 1. The zero-order valence-electron chi connectivity index (χ0n) is 24.9. The summed E-state index contributed by atoms with van der Waals surface area (Å²) in [5, 5.41) is 20.8. The van der Waals surface area contributed by atoms with Gasteiger partial charge in [0.2, 0.25) is 0 Å². The lowest BCUT2D eigenvalue weighted by molar-refractivity contribution is 1.48. The fourth-order valence-electron chi connectivity index (χ4n) is 9.75. The molecule has 1 aromatic heterocycles. The van der Waals surface area contributed by atoms with Crippen LogP contribution >= 0.6 is 11.3 Å². The molecule has 0 unspecified atom stereocenters. The van der Waals surface area contributed by atoms with E-state index in [0.29, 0.717) is 0 Å². The minimum absolute atomic E-state index is 1.31. The van der Waals surface area contributed by atoms with Crippen molar-refractivity contribution in [2.75, 3.05) is 0 Å². The van der Waals surface area contributed by atoms with E-state index in [-0.39, 0.29) is 0 Å². The fourth-order valence-corrected chi connectivity index (χ4v) is 11.0.